The first-order valence-corrected chi connectivity index (χ1v) is 10.9. The maximum atomic E-state index is 12.6. The number of hydrogen-bond donors (Lipinski definition) is 2. The fourth-order valence-corrected chi connectivity index (χ4v) is 4.77. The summed E-state index contributed by atoms with van der Waals surface area (Å²) in [5.74, 6) is 0.274. The number of hydrogen-bond acceptors (Lipinski definition) is 7. The predicted molar refractivity (Wildman–Crippen MR) is 117 cm³/mol. The molecular formula is C20H19N5O2S2. The lowest BCUT2D eigenvalue weighted by Crippen LogP contribution is -2.30. The van der Waals surface area contributed by atoms with Crippen molar-refractivity contribution in [3.05, 3.63) is 54.1 Å². The van der Waals surface area contributed by atoms with E-state index in [1.54, 1.807) is 0 Å². The standard InChI is InChI=1S/C20H19N5O2S2/c1-13(26)21-15-6-4-7-16(11-15)22-19-23-24-20(29-19)28-12-18(27)25-10-9-14-5-2-3-8-17(14)25/h2-8,11H,9-10,12H2,1H3,(H,21,26)(H,22,23). The number of rotatable bonds is 6. The van der Waals surface area contributed by atoms with E-state index in [0.29, 0.717) is 16.6 Å². The van der Waals surface area contributed by atoms with E-state index in [4.69, 9.17) is 0 Å². The molecule has 0 unspecified atom stereocenters. The number of para-hydroxylation sites is 1. The number of fused-ring (bicyclic) bond motifs is 1. The fraction of sp³-hybridized carbons (Fsp3) is 0.200. The van der Waals surface area contributed by atoms with Gasteiger partial charge in [0, 0.05) is 30.5 Å². The van der Waals surface area contributed by atoms with Gasteiger partial charge in [0.25, 0.3) is 0 Å². The Hall–Kier alpha value is -2.91. The van der Waals surface area contributed by atoms with Crippen molar-refractivity contribution in [1.29, 1.82) is 0 Å². The van der Waals surface area contributed by atoms with Crippen molar-refractivity contribution in [2.24, 2.45) is 0 Å². The molecule has 0 aliphatic carbocycles. The summed E-state index contributed by atoms with van der Waals surface area (Å²) in [5.41, 5.74) is 3.73. The van der Waals surface area contributed by atoms with Crippen LogP contribution in [0.1, 0.15) is 12.5 Å². The molecule has 0 saturated carbocycles. The summed E-state index contributed by atoms with van der Waals surface area (Å²) < 4.78 is 0.728. The molecule has 0 spiro atoms. The minimum atomic E-state index is -0.123. The average Bonchev–Trinajstić information content (AvgIpc) is 3.33. The molecule has 29 heavy (non-hydrogen) atoms. The van der Waals surface area contributed by atoms with Gasteiger partial charge in [-0.3, -0.25) is 9.59 Å². The molecule has 9 heteroatoms. The van der Waals surface area contributed by atoms with E-state index >= 15 is 0 Å². The van der Waals surface area contributed by atoms with Crippen molar-refractivity contribution < 1.29 is 9.59 Å². The van der Waals surface area contributed by atoms with Gasteiger partial charge in [-0.15, -0.1) is 10.2 Å². The van der Waals surface area contributed by atoms with Gasteiger partial charge in [0.05, 0.1) is 5.75 Å². The van der Waals surface area contributed by atoms with Crippen molar-refractivity contribution in [3.63, 3.8) is 0 Å². The maximum Gasteiger partial charge on any atom is 0.237 e. The van der Waals surface area contributed by atoms with Crippen molar-refractivity contribution in [1.82, 2.24) is 10.2 Å². The quantitative estimate of drug-likeness (QED) is 0.582. The summed E-state index contributed by atoms with van der Waals surface area (Å²) >= 11 is 2.78. The first-order chi connectivity index (χ1) is 14.1. The third kappa shape index (κ3) is 4.75. The molecule has 3 aromatic rings. The number of thioether (sulfide) groups is 1. The lowest BCUT2D eigenvalue weighted by atomic mass is 10.2. The Kier molecular flexibility index (Phi) is 5.77. The molecule has 148 valence electrons. The number of carbonyl (C=O) groups is 2. The Morgan fingerprint density at radius 1 is 1.14 bits per heavy atom. The highest BCUT2D eigenvalue weighted by molar-refractivity contribution is 8.01. The number of nitrogens with zero attached hydrogens (tertiary/aromatic N) is 3. The fourth-order valence-electron chi connectivity index (χ4n) is 3.12. The highest BCUT2D eigenvalue weighted by Gasteiger charge is 2.24. The number of aromatic nitrogens is 2. The van der Waals surface area contributed by atoms with Crippen LogP contribution in [-0.4, -0.2) is 34.3 Å². The Labute approximate surface area is 176 Å². The van der Waals surface area contributed by atoms with Crippen LogP contribution in [0.25, 0.3) is 0 Å². The number of anilines is 4. The minimum absolute atomic E-state index is 0.0765. The average molecular weight is 426 g/mol. The molecule has 0 bridgehead atoms. The summed E-state index contributed by atoms with van der Waals surface area (Å²) in [6.07, 6.45) is 0.900. The second kappa shape index (κ2) is 8.62. The molecule has 2 N–H and O–H groups in total. The van der Waals surface area contributed by atoms with E-state index in [0.717, 1.165) is 28.7 Å². The van der Waals surface area contributed by atoms with E-state index < -0.39 is 0 Å². The van der Waals surface area contributed by atoms with Gasteiger partial charge in [0.1, 0.15) is 0 Å². The topological polar surface area (TPSA) is 87.2 Å². The van der Waals surface area contributed by atoms with Crippen LogP contribution in [0.15, 0.2) is 52.9 Å². The van der Waals surface area contributed by atoms with Crippen LogP contribution < -0.4 is 15.5 Å². The first kappa shape index (κ1) is 19.4. The number of carbonyl (C=O) groups excluding carboxylic acids is 2. The van der Waals surface area contributed by atoms with E-state index in [-0.39, 0.29) is 11.8 Å². The first-order valence-electron chi connectivity index (χ1n) is 9.08. The zero-order valence-electron chi connectivity index (χ0n) is 15.7. The monoisotopic (exact) mass is 425 g/mol. The largest absolute Gasteiger partial charge is 0.330 e. The molecule has 2 aromatic carbocycles. The Bertz CT molecular complexity index is 1050. The van der Waals surface area contributed by atoms with Crippen LogP contribution in [0.4, 0.5) is 22.2 Å². The van der Waals surface area contributed by atoms with E-state index in [1.807, 2.05) is 47.4 Å². The molecule has 4 rings (SSSR count). The van der Waals surface area contributed by atoms with Crippen molar-refractivity contribution in [2.75, 3.05) is 27.8 Å². The van der Waals surface area contributed by atoms with E-state index in [9.17, 15) is 9.59 Å². The zero-order chi connectivity index (χ0) is 20.2. The smallest absolute Gasteiger partial charge is 0.237 e. The lowest BCUT2D eigenvalue weighted by molar-refractivity contribution is -0.116. The van der Waals surface area contributed by atoms with Crippen molar-refractivity contribution >= 4 is 57.1 Å². The number of nitrogens with one attached hydrogen (secondary N) is 2. The SMILES string of the molecule is CC(=O)Nc1cccc(Nc2nnc(SCC(=O)N3CCc4ccccc43)s2)c1. The highest BCUT2D eigenvalue weighted by atomic mass is 32.2. The molecule has 2 heterocycles. The van der Waals surface area contributed by atoms with Crippen molar-refractivity contribution in [3.8, 4) is 0 Å². The molecule has 0 fully saturated rings. The van der Waals surface area contributed by atoms with E-state index in [2.05, 4.69) is 26.9 Å². The molecule has 0 atom stereocenters. The second-order valence-electron chi connectivity index (χ2n) is 6.47. The number of amides is 2. The third-order valence-electron chi connectivity index (χ3n) is 4.35. The maximum absolute atomic E-state index is 12.6. The summed E-state index contributed by atoms with van der Waals surface area (Å²) in [7, 11) is 0. The zero-order valence-corrected chi connectivity index (χ0v) is 17.3. The summed E-state index contributed by atoms with van der Waals surface area (Å²) in [6.45, 7) is 2.20. The van der Waals surface area contributed by atoms with Gasteiger partial charge < -0.3 is 15.5 Å². The minimum Gasteiger partial charge on any atom is -0.330 e. The van der Waals surface area contributed by atoms with Crippen molar-refractivity contribution in [2.45, 2.75) is 17.7 Å². The van der Waals surface area contributed by atoms with Crippen LogP contribution in [0.2, 0.25) is 0 Å². The van der Waals surface area contributed by atoms with E-state index in [1.165, 1.54) is 35.6 Å². The normalized spacial score (nSPS) is 12.5. The number of benzene rings is 2. The van der Waals surface area contributed by atoms with Gasteiger partial charge in [-0.1, -0.05) is 47.4 Å². The Balaban J connectivity index is 1.34. The second-order valence-corrected chi connectivity index (χ2v) is 8.67. The Morgan fingerprint density at radius 3 is 2.83 bits per heavy atom. The van der Waals surface area contributed by atoms with Gasteiger partial charge in [-0.2, -0.15) is 0 Å². The molecule has 0 radical (unpaired) electrons. The highest BCUT2D eigenvalue weighted by Crippen LogP contribution is 2.31. The van der Waals surface area contributed by atoms with Crippen LogP contribution in [0.5, 0.6) is 0 Å². The summed E-state index contributed by atoms with van der Waals surface area (Å²) in [6, 6.07) is 15.4. The molecule has 1 aliphatic rings. The lowest BCUT2D eigenvalue weighted by Gasteiger charge is -2.16. The molecule has 1 aliphatic heterocycles. The van der Waals surface area contributed by atoms with Crippen LogP contribution >= 0.6 is 23.1 Å². The van der Waals surface area contributed by atoms with Gasteiger partial charge in [0.2, 0.25) is 16.9 Å². The molecule has 1 aromatic heterocycles. The van der Waals surface area contributed by atoms with Crippen LogP contribution in [0.3, 0.4) is 0 Å². The van der Waals surface area contributed by atoms with Crippen LogP contribution in [0, 0.1) is 0 Å². The summed E-state index contributed by atoms with van der Waals surface area (Å²) in [5, 5.41) is 14.8. The molecule has 2 amide bonds. The van der Waals surface area contributed by atoms with Gasteiger partial charge in [0.15, 0.2) is 4.34 Å². The van der Waals surface area contributed by atoms with Gasteiger partial charge in [-0.25, -0.2) is 0 Å². The molecule has 0 saturated heterocycles. The predicted octanol–water partition coefficient (Wildman–Crippen LogP) is 3.92. The Morgan fingerprint density at radius 2 is 1.97 bits per heavy atom. The van der Waals surface area contributed by atoms with Crippen LogP contribution in [-0.2, 0) is 16.0 Å². The van der Waals surface area contributed by atoms with Gasteiger partial charge >= 0.3 is 0 Å². The third-order valence-corrected chi connectivity index (χ3v) is 6.30. The molecule has 7 nitrogen and oxygen atoms in total. The molecular weight excluding hydrogens is 406 g/mol. The van der Waals surface area contributed by atoms with Gasteiger partial charge in [-0.05, 0) is 36.2 Å². The summed E-state index contributed by atoms with van der Waals surface area (Å²) in [4.78, 5) is 25.7.